The third kappa shape index (κ3) is 1.43. The molecule has 0 aliphatic carbocycles. The predicted octanol–water partition coefficient (Wildman–Crippen LogP) is 1.23. The third-order valence-electron chi connectivity index (χ3n) is 2.14. The molecule has 0 unspecified atom stereocenters. The van der Waals surface area contributed by atoms with Crippen LogP contribution >= 0.6 is 0 Å². The molecular formula is C8H12N2O. The van der Waals surface area contributed by atoms with Gasteiger partial charge in [-0.2, -0.15) is 0 Å². The van der Waals surface area contributed by atoms with Crippen molar-refractivity contribution >= 4 is 0 Å². The van der Waals surface area contributed by atoms with Gasteiger partial charge in [0.25, 0.3) is 0 Å². The minimum atomic E-state index is 0.617. The highest BCUT2D eigenvalue weighted by Crippen LogP contribution is 2.19. The van der Waals surface area contributed by atoms with Crippen molar-refractivity contribution in [1.82, 2.24) is 9.55 Å². The standard InChI is InChI=1S/C8H12N2O/c1-5-11-6-2-8(1)10-4-3-9-7-10/h3-4,7-8H,1-2,5-6H2. The highest BCUT2D eigenvalue weighted by Gasteiger charge is 2.13. The molecule has 3 nitrogen and oxygen atoms in total. The number of hydrogen-bond acceptors (Lipinski definition) is 2. The summed E-state index contributed by atoms with van der Waals surface area (Å²) in [6, 6.07) is 0.617. The summed E-state index contributed by atoms with van der Waals surface area (Å²) in [4.78, 5) is 4.02. The Morgan fingerprint density at radius 3 is 2.82 bits per heavy atom. The smallest absolute Gasteiger partial charge is 0.0948 e. The molecule has 0 saturated carbocycles. The lowest BCUT2D eigenvalue weighted by Crippen LogP contribution is -2.18. The Balaban J connectivity index is 2.04. The zero-order valence-corrected chi connectivity index (χ0v) is 6.44. The first-order chi connectivity index (χ1) is 5.47. The number of ether oxygens (including phenoxy) is 1. The fraction of sp³-hybridized carbons (Fsp3) is 0.625. The van der Waals surface area contributed by atoms with Gasteiger partial charge < -0.3 is 9.30 Å². The zero-order chi connectivity index (χ0) is 7.52. The first kappa shape index (κ1) is 6.85. The molecule has 0 bridgehead atoms. The Morgan fingerprint density at radius 2 is 2.18 bits per heavy atom. The second kappa shape index (κ2) is 3.05. The Kier molecular flexibility index (Phi) is 1.90. The van der Waals surface area contributed by atoms with E-state index in [-0.39, 0.29) is 0 Å². The summed E-state index contributed by atoms with van der Waals surface area (Å²) in [5.74, 6) is 0. The van der Waals surface area contributed by atoms with E-state index in [1.54, 1.807) is 0 Å². The maximum Gasteiger partial charge on any atom is 0.0948 e. The van der Waals surface area contributed by atoms with Crippen LogP contribution in [0.25, 0.3) is 0 Å². The van der Waals surface area contributed by atoms with Gasteiger partial charge in [0.05, 0.1) is 6.33 Å². The Labute approximate surface area is 66.0 Å². The lowest BCUT2D eigenvalue weighted by molar-refractivity contribution is 0.0695. The van der Waals surface area contributed by atoms with Gasteiger partial charge in [-0.15, -0.1) is 0 Å². The average Bonchev–Trinajstić information content (AvgIpc) is 2.58. The summed E-state index contributed by atoms with van der Waals surface area (Å²) < 4.78 is 7.43. The molecular weight excluding hydrogens is 140 g/mol. The maximum absolute atomic E-state index is 5.26. The van der Waals surface area contributed by atoms with Crippen molar-refractivity contribution in [3.63, 3.8) is 0 Å². The molecule has 11 heavy (non-hydrogen) atoms. The Morgan fingerprint density at radius 1 is 1.36 bits per heavy atom. The molecule has 2 heterocycles. The molecule has 0 atom stereocenters. The molecule has 0 N–H and O–H groups in total. The van der Waals surface area contributed by atoms with Gasteiger partial charge in [-0.1, -0.05) is 0 Å². The van der Waals surface area contributed by atoms with Crippen molar-refractivity contribution in [2.45, 2.75) is 18.9 Å². The summed E-state index contributed by atoms with van der Waals surface area (Å²) in [5, 5.41) is 0. The van der Waals surface area contributed by atoms with Crippen molar-refractivity contribution < 1.29 is 4.74 Å². The normalized spacial score (nSPS) is 20.4. The van der Waals surface area contributed by atoms with E-state index >= 15 is 0 Å². The molecule has 3 heteroatoms. The molecule has 1 aliphatic heterocycles. The average molecular weight is 152 g/mol. The van der Waals surface area contributed by atoms with Gasteiger partial charge in [0, 0.05) is 31.6 Å². The van der Waals surface area contributed by atoms with Gasteiger partial charge >= 0.3 is 0 Å². The highest BCUT2D eigenvalue weighted by molar-refractivity contribution is 4.81. The van der Waals surface area contributed by atoms with E-state index in [9.17, 15) is 0 Å². The van der Waals surface area contributed by atoms with E-state index in [1.165, 1.54) is 0 Å². The molecule has 2 rings (SSSR count). The lowest BCUT2D eigenvalue weighted by atomic mass is 10.1. The monoisotopic (exact) mass is 152 g/mol. The van der Waals surface area contributed by atoms with Gasteiger partial charge in [0.2, 0.25) is 0 Å². The van der Waals surface area contributed by atoms with Crippen LogP contribution in [-0.4, -0.2) is 22.8 Å². The van der Waals surface area contributed by atoms with Crippen LogP contribution in [0.5, 0.6) is 0 Å². The summed E-state index contributed by atoms with van der Waals surface area (Å²) in [6.07, 6.45) is 7.98. The zero-order valence-electron chi connectivity index (χ0n) is 6.44. The van der Waals surface area contributed by atoms with Crippen LogP contribution in [0.2, 0.25) is 0 Å². The fourth-order valence-corrected chi connectivity index (χ4v) is 1.47. The summed E-state index contributed by atoms with van der Waals surface area (Å²) in [5.41, 5.74) is 0. The van der Waals surface area contributed by atoms with Crippen molar-refractivity contribution in [3.8, 4) is 0 Å². The van der Waals surface area contributed by atoms with Crippen molar-refractivity contribution in [2.24, 2.45) is 0 Å². The molecule has 0 radical (unpaired) electrons. The van der Waals surface area contributed by atoms with E-state index in [4.69, 9.17) is 4.74 Å². The number of aromatic nitrogens is 2. The van der Waals surface area contributed by atoms with Gasteiger partial charge in [-0.25, -0.2) is 4.98 Å². The van der Waals surface area contributed by atoms with E-state index < -0.39 is 0 Å². The van der Waals surface area contributed by atoms with Gasteiger partial charge in [0.15, 0.2) is 0 Å². The molecule has 60 valence electrons. The fourth-order valence-electron chi connectivity index (χ4n) is 1.47. The van der Waals surface area contributed by atoms with Gasteiger partial charge in [-0.05, 0) is 12.8 Å². The SMILES string of the molecule is c1cn(C2CCOCC2)cn1. The second-order valence-corrected chi connectivity index (χ2v) is 2.85. The van der Waals surface area contributed by atoms with Crippen molar-refractivity contribution in [3.05, 3.63) is 18.7 Å². The maximum atomic E-state index is 5.26. The molecule has 0 aromatic carbocycles. The first-order valence-electron chi connectivity index (χ1n) is 4.02. The van der Waals surface area contributed by atoms with Crippen molar-refractivity contribution in [1.29, 1.82) is 0 Å². The minimum absolute atomic E-state index is 0.617. The predicted molar refractivity (Wildman–Crippen MR) is 41.3 cm³/mol. The number of nitrogens with zero attached hydrogens (tertiary/aromatic N) is 2. The molecule has 0 amide bonds. The largest absolute Gasteiger partial charge is 0.381 e. The Hall–Kier alpha value is -0.830. The summed E-state index contributed by atoms with van der Waals surface area (Å²) in [6.45, 7) is 1.78. The topological polar surface area (TPSA) is 27.1 Å². The summed E-state index contributed by atoms with van der Waals surface area (Å²) in [7, 11) is 0. The minimum Gasteiger partial charge on any atom is -0.381 e. The van der Waals surface area contributed by atoms with Gasteiger partial charge in [-0.3, -0.25) is 0 Å². The van der Waals surface area contributed by atoms with Crippen LogP contribution in [0.4, 0.5) is 0 Å². The molecule has 1 fully saturated rings. The van der Waals surface area contributed by atoms with Crippen LogP contribution in [0.1, 0.15) is 18.9 Å². The number of imidazole rings is 1. The second-order valence-electron chi connectivity index (χ2n) is 2.85. The molecule has 0 spiro atoms. The molecule has 1 aromatic rings. The van der Waals surface area contributed by atoms with Crippen LogP contribution in [0.3, 0.4) is 0 Å². The van der Waals surface area contributed by atoms with E-state index in [2.05, 4.69) is 9.55 Å². The van der Waals surface area contributed by atoms with E-state index in [1.807, 2.05) is 18.7 Å². The van der Waals surface area contributed by atoms with E-state index in [0.717, 1.165) is 26.1 Å². The highest BCUT2D eigenvalue weighted by atomic mass is 16.5. The first-order valence-corrected chi connectivity index (χ1v) is 4.02. The van der Waals surface area contributed by atoms with Crippen molar-refractivity contribution in [2.75, 3.05) is 13.2 Å². The molecule has 1 aliphatic rings. The molecule has 1 aromatic heterocycles. The summed E-state index contributed by atoms with van der Waals surface area (Å²) >= 11 is 0. The van der Waals surface area contributed by atoms with Crippen LogP contribution in [0, 0.1) is 0 Å². The van der Waals surface area contributed by atoms with Crippen LogP contribution in [-0.2, 0) is 4.74 Å². The van der Waals surface area contributed by atoms with E-state index in [0.29, 0.717) is 6.04 Å². The Bertz CT molecular complexity index is 202. The lowest BCUT2D eigenvalue weighted by Gasteiger charge is -2.22. The number of hydrogen-bond donors (Lipinski definition) is 0. The van der Waals surface area contributed by atoms with Crippen LogP contribution < -0.4 is 0 Å². The molecule has 1 saturated heterocycles. The quantitative estimate of drug-likeness (QED) is 0.605. The van der Waals surface area contributed by atoms with Gasteiger partial charge in [0.1, 0.15) is 0 Å². The third-order valence-corrected chi connectivity index (χ3v) is 2.14. The van der Waals surface area contributed by atoms with Crippen LogP contribution in [0.15, 0.2) is 18.7 Å². The number of rotatable bonds is 1.